The predicted molar refractivity (Wildman–Crippen MR) is 77.3 cm³/mol. The van der Waals surface area contributed by atoms with Crippen molar-refractivity contribution in [1.82, 2.24) is 10.3 Å². The fraction of sp³-hybridized carbons (Fsp3) is 0.133. The molecule has 0 unspecified atom stereocenters. The van der Waals surface area contributed by atoms with Gasteiger partial charge in [0.2, 0.25) is 5.91 Å². The molecule has 2 heterocycles. The number of ether oxygens (including phenoxy) is 1. The molecular weight excluding hydrogens is 286 g/mol. The summed E-state index contributed by atoms with van der Waals surface area (Å²) in [6.45, 7) is 0. The van der Waals surface area contributed by atoms with E-state index in [0.717, 1.165) is 11.3 Å². The highest BCUT2D eigenvalue weighted by molar-refractivity contribution is 5.91. The molecule has 0 radical (unpaired) electrons. The molecule has 1 amide bonds. The molecule has 22 heavy (non-hydrogen) atoms. The number of carbonyl (C=O) groups is 1. The first-order valence-corrected chi connectivity index (χ1v) is 6.55. The number of nitrogens with zero attached hydrogens (tertiary/aromatic N) is 2. The topological polar surface area (TPSA) is 90.4 Å². The number of hydrogen-bond donors (Lipinski definition) is 1. The number of carbonyl (C=O) groups excluding carboxylic acids is 1. The van der Waals surface area contributed by atoms with Crippen LogP contribution < -0.4 is 10.1 Å². The van der Waals surface area contributed by atoms with Crippen LogP contribution in [0.3, 0.4) is 0 Å². The van der Waals surface area contributed by atoms with Gasteiger partial charge >= 0.3 is 0 Å². The molecule has 3 aromatic rings. The lowest BCUT2D eigenvalue weighted by Crippen LogP contribution is -2.14. The first-order valence-electron chi connectivity index (χ1n) is 6.55. The van der Waals surface area contributed by atoms with Gasteiger partial charge in [-0.15, -0.1) is 0 Å². The van der Waals surface area contributed by atoms with Crippen LogP contribution in [-0.4, -0.2) is 23.3 Å². The van der Waals surface area contributed by atoms with E-state index in [0.29, 0.717) is 17.3 Å². The lowest BCUT2D eigenvalue weighted by molar-refractivity contribution is -0.115. The van der Waals surface area contributed by atoms with Crippen LogP contribution >= 0.6 is 0 Å². The van der Waals surface area contributed by atoms with Crippen molar-refractivity contribution in [2.45, 2.75) is 6.42 Å². The van der Waals surface area contributed by atoms with Crippen LogP contribution in [0.5, 0.6) is 5.75 Å². The van der Waals surface area contributed by atoms with Gasteiger partial charge in [0.05, 0.1) is 19.2 Å². The van der Waals surface area contributed by atoms with Crippen LogP contribution in [0, 0.1) is 0 Å². The number of anilines is 1. The van der Waals surface area contributed by atoms with E-state index in [1.165, 1.54) is 6.26 Å². The Morgan fingerprint density at radius 3 is 2.73 bits per heavy atom. The van der Waals surface area contributed by atoms with Gasteiger partial charge in [0.15, 0.2) is 11.6 Å². The zero-order chi connectivity index (χ0) is 15.4. The summed E-state index contributed by atoms with van der Waals surface area (Å²) in [6, 6.07) is 10.7. The number of nitrogens with one attached hydrogen (secondary N) is 1. The van der Waals surface area contributed by atoms with Gasteiger partial charge in [0.1, 0.15) is 12.0 Å². The second kappa shape index (κ2) is 6.13. The first kappa shape index (κ1) is 13.9. The number of hydrogen-bond acceptors (Lipinski definition) is 6. The van der Waals surface area contributed by atoms with Crippen molar-refractivity contribution in [3.8, 4) is 17.1 Å². The Hall–Kier alpha value is -3.09. The van der Waals surface area contributed by atoms with Crippen molar-refractivity contribution >= 4 is 11.7 Å². The van der Waals surface area contributed by atoms with Gasteiger partial charge in [-0.1, -0.05) is 10.3 Å². The molecule has 7 nitrogen and oxygen atoms in total. The number of amides is 1. The Labute approximate surface area is 125 Å². The van der Waals surface area contributed by atoms with Gasteiger partial charge < -0.3 is 19.1 Å². The summed E-state index contributed by atoms with van der Waals surface area (Å²) >= 11 is 0. The zero-order valence-electron chi connectivity index (χ0n) is 11.8. The van der Waals surface area contributed by atoms with Crippen molar-refractivity contribution < 1.29 is 18.6 Å². The van der Waals surface area contributed by atoms with Crippen molar-refractivity contribution in [1.29, 1.82) is 0 Å². The van der Waals surface area contributed by atoms with Crippen LogP contribution in [0.4, 0.5) is 5.82 Å². The fourth-order valence-corrected chi connectivity index (χ4v) is 1.92. The Morgan fingerprint density at radius 2 is 2.05 bits per heavy atom. The van der Waals surface area contributed by atoms with E-state index in [4.69, 9.17) is 9.26 Å². The van der Waals surface area contributed by atoms with Gasteiger partial charge in [-0.3, -0.25) is 4.79 Å². The lowest BCUT2D eigenvalue weighted by atomic mass is 10.1. The SMILES string of the molecule is COc1ccc(-c2cc(CC(=O)Nc3ccon3)no2)cc1. The minimum absolute atomic E-state index is 0.0898. The maximum absolute atomic E-state index is 11.8. The van der Waals surface area contributed by atoms with E-state index in [-0.39, 0.29) is 12.3 Å². The Morgan fingerprint density at radius 1 is 1.23 bits per heavy atom. The highest BCUT2D eigenvalue weighted by atomic mass is 16.5. The molecule has 112 valence electrons. The number of methoxy groups -OCH3 is 1. The van der Waals surface area contributed by atoms with Crippen LogP contribution in [0.15, 0.2) is 51.7 Å². The second-order valence-electron chi connectivity index (χ2n) is 4.52. The van der Waals surface area contributed by atoms with Crippen molar-refractivity contribution in [2.75, 3.05) is 12.4 Å². The summed E-state index contributed by atoms with van der Waals surface area (Å²) in [5, 5.41) is 10.1. The van der Waals surface area contributed by atoms with Crippen LogP contribution in [0.1, 0.15) is 5.69 Å². The normalized spacial score (nSPS) is 10.4. The molecule has 0 saturated carbocycles. The minimum atomic E-state index is -0.247. The Bertz CT molecular complexity index is 747. The molecule has 0 bridgehead atoms. The highest BCUT2D eigenvalue weighted by Crippen LogP contribution is 2.23. The van der Waals surface area contributed by atoms with Crippen molar-refractivity contribution in [2.24, 2.45) is 0 Å². The quantitative estimate of drug-likeness (QED) is 0.778. The van der Waals surface area contributed by atoms with Crippen molar-refractivity contribution in [3.05, 3.63) is 48.4 Å². The van der Waals surface area contributed by atoms with E-state index in [1.807, 2.05) is 24.3 Å². The van der Waals surface area contributed by atoms with Crippen LogP contribution in [-0.2, 0) is 11.2 Å². The Kier molecular flexibility index (Phi) is 3.86. The first-order chi connectivity index (χ1) is 10.7. The third-order valence-corrected chi connectivity index (χ3v) is 2.98. The molecule has 0 atom stereocenters. The number of rotatable bonds is 5. The summed E-state index contributed by atoms with van der Waals surface area (Å²) in [4.78, 5) is 11.8. The maximum atomic E-state index is 11.8. The monoisotopic (exact) mass is 299 g/mol. The Balaban J connectivity index is 1.66. The molecule has 1 aromatic carbocycles. The molecule has 0 aliphatic carbocycles. The zero-order valence-corrected chi connectivity index (χ0v) is 11.8. The molecule has 0 spiro atoms. The van der Waals surface area contributed by atoms with Crippen LogP contribution in [0.2, 0.25) is 0 Å². The summed E-state index contributed by atoms with van der Waals surface area (Å²) in [7, 11) is 1.61. The predicted octanol–water partition coefficient (Wildman–Crippen LogP) is 2.52. The summed E-state index contributed by atoms with van der Waals surface area (Å²) in [5.74, 6) is 1.47. The van der Waals surface area contributed by atoms with Gasteiger partial charge in [0.25, 0.3) is 0 Å². The average molecular weight is 299 g/mol. The molecule has 0 saturated heterocycles. The summed E-state index contributed by atoms with van der Waals surface area (Å²) in [5.41, 5.74) is 1.39. The third kappa shape index (κ3) is 3.14. The molecule has 0 fully saturated rings. The van der Waals surface area contributed by atoms with Crippen molar-refractivity contribution in [3.63, 3.8) is 0 Å². The molecule has 0 aliphatic rings. The van der Waals surface area contributed by atoms with Crippen LogP contribution in [0.25, 0.3) is 11.3 Å². The third-order valence-electron chi connectivity index (χ3n) is 2.98. The molecular formula is C15H13N3O4. The van der Waals surface area contributed by atoms with Gasteiger partial charge in [0, 0.05) is 17.7 Å². The number of aromatic nitrogens is 2. The minimum Gasteiger partial charge on any atom is -0.497 e. The van der Waals surface area contributed by atoms with E-state index in [9.17, 15) is 4.79 Å². The van der Waals surface area contributed by atoms with E-state index in [1.54, 1.807) is 19.2 Å². The average Bonchev–Trinajstić information content (AvgIpc) is 3.19. The van der Waals surface area contributed by atoms with E-state index in [2.05, 4.69) is 20.2 Å². The lowest BCUT2D eigenvalue weighted by Gasteiger charge is -1.99. The standard InChI is InChI=1S/C15H13N3O4/c1-20-12-4-2-10(3-5-12)13-8-11(17-22-13)9-15(19)16-14-6-7-21-18-14/h2-8H,9H2,1H3,(H,16,18,19). The highest BCUT2D eigenvalue weighted by Gasteiger charge is 2.11. The summed E-state index contributed by atoms with van der Waals surface area (Å²) < 4.78 is 15.0. The largest absolute Gasteiger partial charge is 0.497 e. The smallest absolute Gasteiger partial charge is 0.231 e. The summed E-state index contributed by atoms with van der Waals surface area (Å²) in [6.07, 6.45) is 1.47. The maximum Gasteiger partial charge on any atom is 0.231 e. The van der Waals surface area contributed by atoms with E-state index >= 15 is 0 Å². The molecule has 7 heteroatoms. The number of benzene rings is 1. The van der Waals surface area contributed by atoms with E-state index < -0.39 is 0 Å². The molecule has 1 N–H and O–H groups in total. The second-order valence-corrected chi connectivity index (χ2v) is 4.52. The fourth-order valence-electron chi connectivity index (χ4n) is 1.92. The molecule has 0 aliphatic heterocycles. The molecule has 2 aromatic heterocycles. The van der Waals surface area contributed by atoms with Gasteiger partial charge in [-0.2, -0.15) is 0 Å². The van der Waals surface area contributed by atoms with Gasteiger partial charge in [-0.25, -0.2) is 0 Å². The molecule has 3 rings (SSSR count). The van der Waals surface area contributed by atoms with Gasteiger partial charge in [-0.05, 0) is 24.3 Å².